The van der Waals surface area contributed by atoms with E-state index in [1.165, 1.54) is 0 Å². The Bertz CT molecular complexity index is 896. The molecule has 1 aliphatic heterocycles. The molecule has 0 saturated heterocycles. The van der Waals surface area contributed by atoms with Gasteiger partial charge in [-0.3, -0.25) is 4.79 Å². The highest BCUT2D eigenvalue weighted by molar-refractivity contribution is 7.99. The fraction of sp³-hybridized carbons (Fsp3) is 0.200. The topological polar surface area (TPSA) is 42.4 Å². The maximum Gasteiger partial charge on any atom is 0.258 e. The summed E-state index contributed by atoms with van der Waals surface area (Å²) in [4.78, 5) is 20.4. The van der Waals surface area contributed by atoms with Crippen LogP contribution >= 0.6 is 23.1 Å². The monoisotopic (exact) mass is 382 g/mol. The number of thioether (sulfide) groups is 1. The van der Waals surface area contributed by atoms with Gasteiger partial charge < -0.3 is 9.64 Å². The molecule has 26 heavy (non-hydrogen) atoms. The van der Waals surface area contributed by atoms with Gasteiger partial charge in [0.25, 0.3) is 5.91 Å². The number of hydrogen-bond acceptors (Lipinski definition) is 5. The summed E-state index contributed by atoms with van der Waals surface area (Å²) in [6.45, 7) is 1.14. The van der Waals surface area contributed by atoms with Gasteiger partial charge in [0.15, 0.2) is 0 Å². The molecule has 2 aromatic carbocycles. The van der Waals surface area contributed by atoms with Crippen molar-refractivity contribution in [2.75, 3.05) is 17.2 Å². The summed E-state index contributed by atoms with van der Waals surface area (Å²) in [6, 6.07) is 15.5. The molecule has 0 saturated carbocycles. The van der Waals surface area contributed by atoms with Gasteiger partial charge in [-0.2, -0.15) is 0 Å². The molecule has 132 valence electrons. The van der Waals surface area contributed by atoms with E-state index < -0.39 is 0 Å². The number of para-hydroxylation sites is 1. The zero-order chi connectivity index (χ0) is 17.8. The number of anilines is 1. The number of rotatable bonds is 4. The summed E-state index contributed by atoms with van der Waals surface area (Å²) in [7, 11) is 0. The second-order valence-corrected chi connectivity index (χ2v) is 7.78. The van der Waals surface area contributed by atoms with Gasteiger partial charge in [0.1, 0.15) is 12.4 Å². The summed E-state index contributed by atoms with van der Waals surface area (Å²) >= 11 is 3.35. The van der Waals surface area contributed by atoms with E-state index >= 15 is 0 Å². The zero-order valence-electron chi connectivity index (χ0n) is 14.1. The van der Waals surface area contributed by atoms with Crippen molar-refractivity contribution in [1.29, 1.82) is 0 Å². The van der Waals surface area contributed by atoms with Crippen LogP contribution in [0.15, 0.2) is 64.3 Å². The lowest BCUT2D eigenvalue weighted by Crippen LogP contribution is -2.31. The molecule has 0 N–H and O–H groups in total. The molecular weight excluding hydrogens is 364 g/mol. The van der Waals surface area contributed by atoms with Crippen molar-refractivity contribution in [3.8, 4) is 5.75 Å². The van der Waals surface area contributed by atoms with Crippen LogP contribution in [0.25, 0.3) is 0 Å². The Morgan fingerprint density at radius 1 is 1.19 bits per heavy atom. The van der Waals surface area contributed by atoms with Crippen LogP contribution in [0.4, 0.5) is 5.69 Å². The van der Waals surface area contributed by atoms with Crippen molar-refractivity contribution >= 4 is 34.7 Å². The Morgan fingerprint density at radius 2 is 2.12 bits per heavy atom. The average Bonchev–Trinajstić information content (AvgIpc) is 3.11. The second-order valence-electron chi connectivity index (χ2n) is 5.92. The highest BCUT2D eigenvalue weighted by atomic mass is 32.2. The Balaban J connectivity index is 1.55. The first-order valence-corrected chi connectivity index (χ1v) is 10.4. The number of thiazole rings is 1. The first kappa shape index (κ1) is 17.1. The second kappa shape index (κ2) is 7.93. The number of fused-ring (bicyclic) bond motifs is 1. The molecular formula is C20H18N2O2S2. The Kier molecular flexibility index (Phi) is 5.22. The number of ether oxygens (including phenoxy) is 1. The first-order chi connectivity index (χ1) is 12.8. The molecule has 1 amide bonds. The number of nitrogens with zero attached hydrogens (tertiary/aromatic N) is 2. The lowest BCUT2D eigenvalue weighted by Gasteiger charge is -2.22. The molecule has 0 radical (unpaired) electrons. The van der Waals surface area contributed by atoms with Gasteiger partial charge in [0.2, 0.25) is 0 Å². The van der Waals surface area contributed by atoms with Crippen molar-refractivity contribution in [2.24, 2.45) is 0 Å². The van der Waals surface area contributed by atoms with Crippen LogP contribution in [0.3, 0.4) is 0 Å². The third-order valence-corrected chi connectivity index (χ3v) is 5.92. The molecule has 0 atom stereocenters. The summed E-state index contributed by atoms with van der Waals surface area (Å²) < 4.78 is 5.79. The molecule has 2 heterocycles. The number of carbonyl (C=O) groups is 1. The quantitative estimate of drug-likeness (QED) is 0.646. The van der Waals surface area contributed by atoms with E-state index in [-0.39, 0.29) is 5.91 Å². The maximum atomic E-state index is 13.2. The van der Waals surface area contributed by atoms with Crippen LogP contribution < -0.4 is 9.64 Å². The van der Waals surface area contributed by atoms with Crippen molar-refractivity contribution in [3.05, 3.63) is 70.7 Å². The molecule has 6 heteroatoms. The van der Waals surface area contributed by atoms with E-state index in [2.05, 4.69) is 11.1 Å². The van der Waals surface area contributed by atoms with Crippen LogP contribution in [0.1, 0.15) is 22.5 Å². The van der Waals surface area contributed by atoms with Crippen LogP contribution in [-0.4, -0.2) is 23.2 Å². The fourth-order valence-electron chi connectivity index (χ4n) is 2.88. The molecule has 4 rings (SSSR count). The number of carbonyl (C=O) groups excluding carboxylic acids is 1. The smallest absolute Gasteiger partial charge is 0.258 e. The molecule has 4 nitrogen and oxygen atoms in total. The van der Waals surface area contributed by atoms with Crippen LogP contribution in [-0.2, 0) is 6.61 Å². The lowest BCUT2D eigenvalue weighted by molar-refractivity contribution is 0.0986. The van der Waals surface area contributed by atoms with E-state index in [9.17, 15) is 4.79 Å². The van der Waals surface area contributed by atoms with E-state index in [0.717, 1.165) is 35.0 Å². The SMILES string of the molecule is O=C(c1cccc(OCc2cscn2)c1)N1CCCSc2ccccc21. The zero-order valence-corrected chi connectivity index (χ0v) is 15.8. The molecule has 0 bridgehead atoms. The molecule has 1 aromatic heterocycles. The third-order valence-electron chi connectivity index (χ3n) is 4.14. The minimum Gasteiger partial charge on any atom is -0.487 e. The number of amides is 1. The Morgan fingerprint density at radius 3 is 3.00 bits per heavy atom. The van der Waals surface area contributed by atoms with E-state index in [1.54, 1.807) is 16.8 Å². The van der Waals surface area contributed by atoms with Crippen LogP contribution in [0.2, 0.25) is 0 Å². The Labute approximate surface area is 160 Å². The molecule has 1 aliphatic rings. The molecule has 0 spiro atoms. The Hall–Kier alpha value is -2.31. The van der Waals surface area contributed by atoms with Gasteiger partial charge in [-0.1, -0.05) is 18.2 Å². The molecule has 0 unspecified atom stereocenters. The average molecular weight is 383 g/mol. The van der Waals surface area contributed by atoms with Crippen molar-refractivity contribution in [1.82, 2.24) is 4.98 Å². The summed E-state index contributed by atoms with van der Waals surface area (Å²) in [5, 5.41) is 1.96. The van der Waals surface area contributed by atoms with Crippen LogP contribution in [0, 0.1) is 0 Å². The van der Waals surface area contributed by atoms with Gasteiger partial charge in [-0.25, -0.2) is 4.98 Å². The number of aromatic nitrogens is 1. The van der Waals surface area contributed by atoms with Gasteiger partial charge in [0, 0.05) is 22.4 Å². The van der Waals surface area contributed by atoms with Crippen molar-refractivity contribution < 1.29 is 9.53 Å². The van der Waals surface area contributed by atoms with Crippen molar-refractivity contribution in [3.63, 3.8) is 0 Å². The summed E-state index contributed by atoms with van der Waals surface area (Å²) in [6.07, 6.45) is 0.977. The fourth-order valence-corrected chi connectivity index (χ4v) is 4.42. The number of hydrogen-bond donors (Lipinski definition) is 0. The van der Waals surface area contributed by atoms with Gasteiger partial charge in [-0.05, 0) is 42.5 Å². The maximum absolute atomic E-state index is 13.2. The first-order valence-electron chi connectivity index (χ1n) is 8.45. The molecule has 0 aliphatic carbocycles. The number of benzene rings is 2. The van der Waals surface area contributed by atoms with Gasteiger partial charge >= 0.3 is 0 Å². The lowest BCUT2D eigenvalue weighted by atomic mass is 10.1. The minimum absolute atomic E-state index is 0.0130. The normalized spacial score (nSPS) is 13.8. The third kappa shape index (κ3) is 3.76. The standard InChI is InChI=1S/C20H18N2O2S2/c23-20(22-9-4-10-26-19-8-2-1-7-18(19)22)15-5-3-6-17(11-15)24-12-16-13-25-14-21-16/h1-3,5-8,11,13-14H,4,9-10,12H2. The van der Waals surface area contributed by atoms with E-state index in [4.69, 9.17) is 4.74 Å². The predicted octanol–water partition coefficient (Wildman–Crippen LogP) is 4.86. The van der Waals surface area contributed by atoms with E-state index in [0.29, 0.717) is 17.9 Å². The molecule has 3 aromatic rings. The van der Waals surface area contributed by atoms with Crippen LogP contribution in [0.5, 0.6) is 5.75 Å². The van der Waals surface area contributed by atoms with Gasteiger partial charge in [-0.15, -0.1) is 23.1 Å². The van der Waals surface area contributed by atoms with E-state index in [1.807, 2.05) is 64.5 Å². The summed E-state index contributed by atoms with van der Waals surface area (Å²) in [5.41, 5.74) is 4.31. The minimum atomic E-state index is 0.0130. The molecule has 0 fully saturated rings. The highest BCUT2D eigenvalue weighted by Gasteiger charge is 2.22. The largest absolute Gasteiger partial charge is 0.487 e. The predicted molar refractivity (Wildman–Crippen MR) is 106 cm³/mol. The highest BCUT2D eigenvalue weighted by Crippen LogP contribution is 2.34. The summed E-state index contributed by atoms with van der Waals surface area (Å²) in [5.74, 6) is 1.72. The van der Waals surface area contributed by atoms with Crippen molar-refractivity contribution in [2.45, 2.75) is 17.9 Å². The van der Waals surface area contributed by atoms with Gasteiger partial charge in [0.05, 0.1) is 16.9 Å².